The van der Waals surface area contributed by atoms with E-state index in [4.69, 9.17) is 5.73 Å². The van der Waals surface area contributed by atoms with Crippen molar-refractivity contribution < 1.29 is 4.79 Å². The Labute approximate surface area is 140 Å². The lowest BCUT2D eigenvalue weighted by molar-refractivity contribution is -0.120. The van der Waals surface area contributed by atoms with Gasteiger partial charge in [-0.15, -0.1) is 36.2 Å². The predicted octanol–water partition coefficient (Wildman–Crippen LogP) is 2.39. The zero-order chi connectivity index (χ0) is 13.7. The Morgan fingerprint density at radius 3 is 2.62 bits per heavy atom. The van der Waals surface area contributed by atoms with Gasteiger partial charge in [-0.25, -0.2) is 4.98 Å². The van der Waals surface area contributed by atoms with Gasteiger partial charge in [-0.3, -0.25) is 9.78 Å². The van der Waals surface area contributed by atoms with Gasteiger partial charge < -0.3 is 11.1 Å². The largest absolute Gasteiger partial charge is 0.397 e. The summed E-state index contributed by atoms with van der Waals surface area (Å²) in [6.45, 7) is 2.56. The zero-order valence-corrected chi connectivity index (χ0v) is 14.0. The summed E-state index contributed by atoms with van der Waals surface area (Å²) in [6.07, 6.45) is 4.64. The molecule has 0 saturated heterocycles. The first-order valence-electron chi connectivity index (χ1n) is 6.08. The number of amides is 1. The average Bonchev–Trinajstić information content (AvgIpc) is 2.87. The summed E-state index contributed by atoms with van der Waals surface area (Å²) in [5, 5.41) is 3.76. The highest BCUT2D eigenvalue weighted by molar-refractivity contribution is 7.11. The van der Waals surface area contributed by atoms with Crippen molar-refractivity contribution in [2.75, 3.05) is 5.73 Å². The number of nitrogens with two attached hydrogens (primary N) is 1. The van der Waals surface area contributed by atoms with Gasteiger partial charge in [-0.05, 0) is 18.6 Å². The van der Waals surface area contributed by atoms with Crippen molar-refractivity contribution in [2.45, 2.75) is 26.3 Å². The van der Waals surface area contributed by atoms with Gasteiger partial charge in [0.1, 0.15) is 5.01 Å². The number of hydrogen-bond donors (Lipinski definition) is 2. The summed E-state index contributed by atoms with van der Waals surface area (Å²) < 4.78 is 0. The Morgan fingerprint density at radius 2 is 2.05 bits per heavy atom. The molecule has 1 amide bonds. The van der Waals surface area contributed by atoms with Crippen molar-refractivity contribution in [3.05, 3.63) is 40.1 Å². The second-order valence-corrected chi connectivity index (χ2v) is 5.31. The van der Waals surface area contributed by atoms with Gasteiger partial charge in [0.05, 0.1) is 24.8 Å². The molecule has 2 rings (SSSR count). The third kappa shape index (κ3) is 6.29. The summed E-state index contributed by atoms with van der Waals surface area (Å²) >= 11 is 1.63. The molecular weight excluding hydrogens is 331 g/mol. The molecule has 0 bridgehead atoms. The van der Waals surface area contributed by atoms with Gasteiger partial charge in [0, 0.05) is 16.8 Å². The molecule has 8 heteroatoms. The number of thiazole rings is 1. The molecule has 5 nitrogen and oxygen atoms in total. The lowest BCUT2D eigenvalue weighted by Crippen LogP contribution is -2.24. The SMILES string of the molecule is CCc1cnc(CNC(=O)Cc2ccc(N)cn2)s1.Cl.Cl. The van der Waals surface area contributed by atoms with E-state index in [0.29, 0.717) is 17.9 Å². The van der Waals surface area contributed by atoms with Crippen LogP contribution in [0.15, 0.2) is 24.5 Å². The molecule has 0 aromatic carbocycles. The van der Waals surface area contributed by atoms with Crippen molar-refractivity contribution in [3.63, 3.8) is 0 Å². The number of pyridine rings is 1. The van der Waals surface area contributed by atoms with Crippen molar-refractivity contribution in [1.82, 2.24) is 15.3 Å². The van der Waals surface area contributed by atoms with Gasteiger partial charge in [0.2, 0.25) is 5.91 Å². The molecular formula is C13H18Cl2N4OS. The standard InChI is InChI=1S/C13H16N4OS.2ClH/c1-2-11-7-17-13(19-11)8-16-12(18)5-10-4-3-9(14)6-15-10;;/h3-4,6-7H,2,5,8,14H2,1H3,(H,16,18);2*1H. The van der Waals surface area contributed by atoms with E-state index in [1.807, 2.05) is 6.20 Å². The van der Waals surface area contributed by atoms with Crippen LogP contribution in [0.3, 0.4) is 0 Å². The highest BCUT2D eigenvalue weighted by Crippen LogP contribution is 2.12. The number of carbonyl (C=O) groups is 1. The number of nitrogen functional groups attached to an aromatic ring is 1. The first-order chi connectivity index (χ1) is 9.17. The monoisotopic (exact) mass is 348 g/mol. The van der Waals surface area contributed by atoms with Gasteiger partial charge in [0.15, 0.2) is 0 Å². The first kappa shape index (κ1) is 19.6. The Morgan fingerprint density at radius 1 is 1.29 bits per heavy atom. The number of hydrogen-bond acceptors (Lipinski definition) is 5. The van der Waals surface area contributed by atoms with Gasteiger partial charge in [-0.1, -0.05) is 6.92 Å². The average molecular weight is 349 g/mol. The van der Waals surface area contributed by atoms with Crippen LogP contribution in [0, 0.1) is 0 Å². The van der Waals surface area contributed by atoms with E-state index in [1.165, 1.54) is 4.88 Å². The Bertz CT molecular complexity index is 560. The maximum absolute atomic E-state index is 11.7. The minimum Gasteiger partial charge on any atom is -0.397 e. The van der Waals surface area contributed by atoms with E-state index in [9.17, 15) is 4.79 Å². The van der Waals surface area contributed by atoms with Crippen LogP contribution < -0.4 is 11.1 Å². The maximum Gasteiger partial charge on any atom is 0.226 e. The fraction of sp³-hybridized carbons (Fsp3) is 0.308. The van der Waals surface area contributed by atoms with Crippen LogP contribution in [0.5, 0.6) is 0 Å². The number of aromatic nitrogens is 2. The van der Waals surface area contributed by atoms with Crippen LogP contribution in [0.4, 0.5) is 5.69 Å². The molecule has 2 heterocycles. The van der Waals surface area contributed by atoms with E-state index in [-0.39, 0.29) is 37.1 Å². The topological polar surface area (TPSA) is 80.9 Å². The minimum absolute atomic E-state index is 0. The molecule has 21 heavy (non-hydrogen) atoms. The van der Waals surface area contributed by atoms with Gasteiger partial charge >= 0.3 is 0 Å². The zero-order valence-electron chi connectivity index (χ0n) is 11.5. The summed E-state index contributed by atoms with van der Waals surface area (Å²) in [4.78, 5) is 21.3. The van der Waals surface area contributed by atoms with Crippen molar-refractivity contribution in [2.24, 2.45) is 0 Å². The molecule has 0 aliphatic heterocycles. The minimum atomic E-state index is -0.0643. The summed E-state index contributed by atoms with van der Waals surface area (Å²) in [7, 11) is 0. The van der Waals surface area contributed by atoms with Crippen molar-refractivity contribution in [1.29, 1.82) is 0 Å². The Balaban J connectivity index is 0.00000200. The van der Waals surface area contributed by atoms with Gasteiger partial charge in [-0.2, -0.15) is 0 Å². The smallest absolute Gasteiger partial charge is 0.226 e. The molecule has 0 aliphatic carbocycles. The second kappa shape index (κ2) is 9.55. The van der Waals surface area contributed by atoms with Crippen LogP contribution in [-0.2, 0) is 24.2 Å². The van der Waals surface area contributed by atoms with Crippen LogP contribution in [0.2, 0.25) is 0 Å². The highest BCUT2D eigenvalue weighted by Gasteiger charge is 2.06. The van der Waals surface area contributed by atoms with Crippen LogP contribution in [-0.4, -0.2) is 15.9 Å². The molecule has 0 atom stereocenters. The molecule has 0 saturated carbocycles. The van der Waals surface area contributed by atoms with Crippen LogP contribution in [0.1, 0.15) is 22.5 Å². The number of nitrogens with zero attached hydrogens (tertiary/aromatic N) is 2. The number of anilines is 1. The van der Waals surface area contributed by atoms with Crippen LogP contribution >= 0.6 is 36.2 Å². The van der Waals surface area contributed by atoms with Crippen LogP contribution in [0.25, 0.3) is 0 Å². The lowest BCUT2D eigenvalue weighted by atomic mass is 10.2. The maximum atomic E-state index is 11.7. The molecule has 0 aliphatic rings. The summed E-state index contributed by atoms with van der Waals surface area (Å²) in [5.41, 5.74) is 6.84. The van der Waals surface area contributed by atoms with E-state index in [2.05, 4.69) is 22.2 Å². The molecule has 0 spiro atoms. The number of carbonyl (C=O) groups excluding carboxylic acids is 1. The number of aryl methyl sites for hydroxylation is 1. The Kier molecular flexibility index (Phi) is 8.92. The summed E-state index contributed by atoms with van der Waals surface area (Å²) in [6, 6.07) is 3.50. The first-order valence-corrected chi connectivity index (χ1v) is 6.89. The third-order valence-corrected chi connectivity index (χ3v) is 3.72. The van der Waals surface area contributed by atoms with E-state index < -0.39 is 0 Å². The third-order valence-electron chi connectivity index (χ3n) is 2.58. The molecule has 0 radical (unpaired) electrons. The van der Waals surface area contributed by atoms with Crippen molar-refractivity contribution in [3.8, 4) is 0 Å². The highest BCUT2D eigenvalue weighted by atomic mass is 35.5. The normalized spacial score (nSPS) is 9.38. The molecule has 0 fully saturated rings. The summed E-state index contributed by atoms with van der Waals surface area (Å²) in [5.74, 6) is -0.0643. The second-order valence-electron chi connectivity index (χ2n) is 4.11. The molecule has 116 valence electrons. The quantitative estimate of drug-likeness (QED) is 0.869. The fourth-order valence-corrected chi connectivity index (χ4v) is 2.34. The van der Waals surface area contributed by atoms with E-state index in [0.717, 1.165) is 11.4 Å². The molecule has 2 aromatic rings. The predicted molar refractivity (Wildman–Crippen MR) is 90.2 cm³/mol. The number of rotatable bonds is 5. The lowest BCUT2D eigenvalue weighted by Gasteiger charge is -2.03. The number of halogens is 2. The molecule has 3 N–H and O–H groups in total. The van der Waals surface area contributed by atoms with Crippen molar-refractivity contribution >= 4 is 47.7 Å². The fourth-order valence-electron chi connectivity index (χ4n) is 1.53. The number of nitrogens with one attached hydrogen (secondary N) is 1. The van der Waals surface area contributed by atoms with Gasteiger partial charge in [0.25, 0.3) is 0 Å². The molecule has 0 unspecified atom stereocenters. The van der Waals surface area contributed by atoms with E-state index >= 15 is 0 Å². The molecule has 2 aromatic heterocycles. The van der Waals surface area contributed by atoms with E-state index in [1.54, 1.807) is 29.7 Å². The Hall–Kier alpha value is -1.37.